The average molecular weight is 257 g/mol. The van der Waals surface area contributed by atoms with Crippen molar-refractivity contribution in [3.8, 4) is 5.75 Å². The third kappa shape index (κ3) is 4.36. The Morgan fingerprint density at radius 3 is 2.71 bits per heavy atom. The van der Waals surface area contributed by atoms with Gasteiger partial charge in [-0.3, -0.25) is 4.79 Å². The summed E-state index contributed by atoms with van der Waals surface area (Å²) in [7, 11) is 1.57. The van der Waals surface area contributed by atoms with Crippen molar-refractivity contribution in [2.45, 2.75) is 19.8 Å². The summed E-state index contributed by atoms with van der Waals surface area (Å²) in [5.74, 6) is 0.646. The molecule has 1 rings (SSSR count). The Labute approximate surface area is 107 Å². The molecule has 0 atom stereocenters. The molecule has 0 unspecified atom stereocenters. The monoisotopic (exact) mass is 256 g/mol. The van der Waals surface area contributed by atoms with E-state index in [1.807, 2.05) is 6.92 Å². The van der Waals surface area contributed by atoms with Crippen molar-refractivity contribution < 1.29 is 14.3 Å². The first-order valence-electron chi connectivity index (χ1n) is 5.63. The molecule has 0 heterocycles. The Bertz CT molecular complexity index is 377. The van der Waals surface area contributed by atoms with E-state index in [9.17, 15) is 4.79 Å². The normalized spacial score (nSPS) is 10.3. The molecule has 0 aliphatic rings. The summed E-state index contributed by atoms with van der Waals surface area (Å²) >= 11 is 6.03. The van der Waals surface area contributed by atoms with E-state index in [0.717, 1.165) is 6.42 Å². The van der Waals surface area contributed by atoms with Crippen LogP contribution in [0, 0.1) is 0 Å². The van der Waals surface area contributed by atoms with E-state index in [4.69, 9.17) is 21.1 Å². The number of Topliss-reactive ketones (excluding diaryl/α,β-unsaturated/α-hetero) is 1. The first-order chi connectivity index (χ1) is 8.19. The van der Waals surface area contributed by atoms with Crippen LogP contribution in [0.2, 0.25) is 5.02 Å². The van der Waals surface area contributed by atoms with Crippen LogP contribution in [-0.4, -0.2) is 26.1 Å². The molecule has 94 valence electrons. The van der Waals surface area contributed by atoms with Gasteiger partial charge in [-0.05, 0) is 24.6 Å². The zero-order valence-electron chi connectivity index (χ0n) is 10.2. The topological polar surface area (TPSA) is 35.5 Å². The predicted molar refractivity (Wildman–Crippen MR) is 68.1 cm³/mol. The number of rotatable bonds is 7. The highest BCUT2D eigenvalue weighted by atomic mass is 35.5. The molecule has 0 N–H and O–H groups in total. The number of ether oxygens (including phenoxy) is 2. The van der Waals surface area contributed by atoms with E-state index in [0.29, 0.717) is 36.0 Å². The van der Waals surface area contributed by atoms with Crippen molar-refractivity contribution >= 4 is 17.4 Å². The second-order valence-corrected chi connectivity index (χ2v) is 4.07. The highest BCUT2D eigenvalue weighted by molar-refractivity contribution is 6.32. The standard InChI is InChI=1S/C13H17ClO3/c1-3-7-17-13-5-4-10(9-11(13)14)12(15)6-8-16-2/h4-5,9H,3,6-8H2,1-2H3. The molecule has 0 bridgehead atoms. The van der Waals surface area contributed by atoms with E-state index >= 15 is 0 Å². The van der Waals surface area contributed by atoms with Gasteiger partial charge in [-0.15, -0.1) is 0 Å². The van der Waals surface area contributed by atoms with Crippen LogP contribution in [0.25, 0.3) is 0 Å². The SMILES string of the molecule is CCCOc1ccc(C(=O)CCOC)cc1Cl. The molecule has 0 saturated heterocycles. The highest BCUT2D eigenvalue weighted by Crippen LogP contribution is 2.26. The summed E-state index contributed by atoms with van der Waals surface area (Å²) in [6, 6.07) is 5.11. The van der Waals surface area contributed by atoms with Gasteiger partial charge in [0.25, 0.3) is 0 Å². The quantitative estimate of drug-likeness (QED) is 0.702. The van der Waals surface area contributed by atoms with Gasteiger partial charge in [-0.1, -0.05) is 18.5 Å². The van der Waals surface area contributed by atoms with Crippen LogP contribution in [0.4, 0.5) is 0 Å². The minimum absolute atomic E-state index is 0.0239. The van der Waals surface area contributed by atoms with Crippen molar-refractivity contribution in [3.05, 3.63) is 28.8 Å². The number of hydrogen-bond acceptors (Lipinski definition) is 3. The molecule has 0 radical (unpaired) electrons. The molecule has 1 aromatic rings. The van der Waals surface area contributed by atoms with E-state index in [1.165, 1.54) is 0 Å². The van der Waals surface area contributed by atoms with Crippen LogP contribution < -0.4 is 4.74 Å². The number of benzene rings is 1. The van der Waals surface area contributed by atoms with E-state index in [-0.39, 0.29) is 5.78 Å². The summed E-state index contributed by atoms with van der Waals surface area (Å²) in [4.78, 5) is 11.7. The molecule has 3 nitrogen and oxygen atoms in total. The Morgan fingerprint density at radius 1 is 1.35 bits per heavy atom. The third-order valence-corrected chi connectivity index (χ3v) is 2.54. The lowest BCUT2D eigenvalue weighted by molar-refractivity contribution is 0.0932. The maximum absolute atomic E-state index is 11.7. The smallest absolute Gasteiger partial charge is 0.165 e. The van der Waals surface area contributed by atoms with Crippen molar-refractivity contribution in [1.29, 1.82) is 0 Å². The molecule has 0 saturated carbocycles. The molecule has 17 heavy (non-hydrogen) atoms. The molecule has 0 aliphatic carbocycles. The van der Waals surface area contributed by atoms with Gasteiger partial charge in [0.1, 0.15) is 5.75 Å². The zero-order chi connectivity index (χ0) is 12.7. The molecule has 1 aromatic carbocycles. The summed E-state index contributed by atoms with van der Waals surface area (Å²) in [6.07, 6.45) is 1.28. The van der Waals surface area contributed by atoms with Gasteiger partial charge in [0, 0.05) is 19.1 Å². The first-order valence-corrected chi connectivity index (χ1v) is 6.01. The Hall–Kier alpha value is -1.06. The number of ketones is 1. The van der Waals surface area contributed by atoms with Crippen molar-refractivity contribution in [1.82, 2.24) is 0 Å². The maximum Gasteiger partial charge on any atom is 0.165 e. The summed E-state index contributed by atoms with van der Waals surface area (Å²) in [6.45, 7) is 3.07. The number of hydrogen-bond donors (Lipinski definition) is 0. The van der Waals surface area contributed by atoms with Crippen molar-refractivity contribution in [2.75, 3.05) is 20.3 Å². The Balaban J connectivity index is 2.70. The predicted octanol–water partition coefficient (Wildman–Crippen LogP) is 3.35. The lowest BCUT2D eigenvalue weighted by atomic mass is 10.1. The molecule has 0 amide bonds. The fourth-order valence-corrected chi connectivity index (χ4v) is 1.58. The van der Waals surface area contributed by atoms with Gasteiger partial charge >= 0.3 is 0 Å². The van der Waals surface area contributed by atoms with Gasteiger partial charge in [0.15, 0.2) is 5.78 Å². The molecule has 0 aliphatic heterocycles. The van der Waals surface area contributed by atoms with Crippen LogP contribution in [0.3, 0.4) is 0 Å². The number of carbonyl (C=O) groups is 1. The second-order valence-electron chi connectivity index (χ2n) is 3.66. The molecule has 0 spiro atoms. The number of halogens is 1. The van der Waals surface area contributed by atoms with Gasteiger partial charge in [-0.2, -0.15) is 0 Å². The Kier molecular flexibility index (Phi) is 6.01. The number of carbonyl (C=O) groups excluding carboxylic acids is 1. The van der Waals surface area contributed by atoms with E-state index in [1.54, 1.807) is 25.3 Å². The minimum atomic E-state index is 0.0239. The van der Waals surface area contributed by atoms with Gasteiger partial charge in [0.05, 0.1) is 18.2 Å². The van der Waals surface area contributed by atoms with E-state index < -0.39 is 0 Å². The molecule has 4 heteroatoms. The van der Waals surface area contributed by atoms with Crippen LogP contribution in [0.1, 0.15) is 30.1 Å². The first kappa shape index (κ1) is 14.0. The summed E-state index contributed by atoms with van der Waals surface area (Å²) < 4.78 is 10.3. The van der Waals surface area contributed by atoms with Gasteiger partial charge in [-0.25, -0.2) is 0 Å². The Morgan fingerprint density at radius 2 is 2.12 bits per heavy atom. The van der Waals surface area contributed by atoms with Crippen LogP contribution in [-0.2, 0) is 4.74 Å². The average Bonchev–Trinajstić information content (AvgIpc) is 2.34. The molecule has 0 aromatic heterocycles. The third-order valence-electron chi connectivity index (χ3n) is 2.25. The largest absolute Gasteiger partial charge is 0.492 e. The molecule has 0 fully saturated rings. The fraction of sp³-hybridized carbons (Fsp3) is 0.462. The maximum atomic E-state index is 11.7. The van der Waals surface area contributed by atoms with Crippen LogP contribution in [0.15, 0.2) is 18.2 Å². The minimum Gasteiger partial charge on any atom is -0.492 e. The lowest BCUT2D eigenvalue weighted by Gasteiger charge is -2.08. The number of methoxy groups -OCH3 is 1. The highest BCUT2D eigenvalue weighted by Gasteiger charge is 2.09. The van der Waals surface area contributed by atoms with Gasteiger partial charge in [0.2, 0.25) is 0 Å². The van der Waals surface area contributed by atoms with Crippen LogP contribution in [0.5, 0.6) is 5.75 Å². The zero-order valence-corrected chi connectivity index (χ0v) is 10.9. The molecular formula is C13H17ClO3. The summed E-state index contributed by atoms with van der Waals surface area (Å²) in [5.41, 5.74) is 0.593. The van der Waals surface area contributed by atoms with Crippen molar-refractivity contribution in [3.63, 3.8) is 0 Å². The lowest BCUT2D eigenvalue weighted by Crippen LogP contribution is -2.04. The van der Waals surface area contributed by atoms with Crippen molar-refractivity contribution in [2.24, 2.45) is 0 Å². The van der Waals surface area contributed by atoms with E-state index in [2.05, 4.69) is 0 Å². The molecular weight excluding hydrogens is 240 g/mol. The fourth-order valence-electron chi connectivity index (χ4n) is 1.34. The summed E-state index contributed by atoms with van der Waals surface area (Å²) in [5, 5.41) is 0.474. The second kappa shape index (κ2) is 7.30. The van der Waals surface area contributed by atoms with Gasteiger partial charge < -0.3 is 9.47 Å². The van der Waals surface area contributed by atoms with Crippen LogP contribution >= 0.6 is 11.6 Å².